The van der Waals surface area contributed by atoms with E-state index in [0.29, 0.717) is 0 Å². The van der Waals surface area contributed by atoms with Crippen LogP contribution in [0, 0.1) is 27.2 Å². The molecule has 0 aromatic carbocycles. The quantitative estimate of drug-likeness (QED) is 0.551. The van der Waals surface area contributed by atoms with Gasteiger partial charge in [0.05, 0.1) is 17.0 Å². The zero-order valence-corrected chi connectivity index (χ0v) is 7.96. The lowest BCUT2D eigenvalue weighted by molar-refractivity contribution is -0.395. The van der Waals surface area contributed by atoms with Gasteiger partial charge in [-0.1, -0.05) is 0 Å². The highest BCUT2D eigenvalue weighted by Gasteiger charge is 2.24. The normalized spacial score (nSPS) is 9.73. The van der Waals surface area contributed by atoms with E-state index in [1.807, 2.05) is 0 Å². The van der Waals surface area contributed by atoms with Crippen LogP contribution in [0.1, 0.15) is 5.69 Å². The Bertz CT molecular complexity index is 431. The second-order valence-corrected chi connectivity index (χ2v) is 2.64. The van der Waals surface area contributed by atoms with Gasteiger partial charge in [0.15, 0.2) is 0 Å². The molecule has 1 rings (SSSR count). The molecule has 0 fully saturated rings. The summed E-state index contributed by atoms with van der Waals surface area (Å²) in [6.07, 6.45) is 0. The zero-order chi connectivity index (χ0) is 11.6. The molecule has 8 nitrogen and oxygen atoms in total. The summed E-state index contributed by atoms with van der Waals surface area (Å²) in [5.41, 5.74) is -0.847. The molecule has 0 spiro atoms. The van der Waals surface area contributed by atoms with Crippen molar-refractivity contribution in [2.24, 2.45) is 0 Å². The summed E-state index contributed by atoms with van der Waals surface area (Å²) in [4.78, 5) is 23.1. The van der Waals surface area contributed by atoms with E-state index in [0.717, 1.165) is 6.07 Å². The molecule has 0 amide bonds. The summed E-state index contributed by atoms with van der Waals surface area (Å²) in [7, 11) is 1.21. The van der Waals surface area contributed by atoms with Crippen molar-refractivity contribution >= 4 is 11.4 Å². The van der Waals surface area contributed by atoms with Gasteiger partial charge in [0, 0.05) is 0 Å². The first-order chi connectivity index (χ1) is 6.97. The van der Waals surface area contributed by atoms with E-state index < -0.39 is 21.2 Å². The first kappa shape index (κ1) is 10.8. The number of hydrogen-bond donors (Lipinski definition) is 0. The molecule has 15 heavy (non-hydrogen) atoms. The molecule has 80 valence electrons. The van der Waals surface area contributed by atoms with Crippen LogP contribution < -0.4 is 4.74 Å². The molecule has 0 saturated carbocycles. The van der Waals surface area contributed by atoms with E-state index in [-0.39, 0.29) is 11.6 Å². The standard InChI is InChI=1S/C7H7N3O5/c1-4-5(9(11)12)3-6(10(13)14)7(8-4)15-2/h3H,1-2H3. The maximum absolute atomic E-state index is 10.5. The molecular formula is C7H7N3O5. The number of nitro groups is 2. The number of hydrogen-bond acceptors (Lipinski definition) is 6. The summed E-state index contributed by atoms with van der Waals surface area (Å²) in [6.45, 7) is 1.38. The van der Waals surface area contributed by atoms with Crippen molar-refractivity contribution < 1.29 is 14.6 Å². The summed E-state index contributed by atoms with van der Waals surface area (Å²) in [5, 5.41) is 21.0. The fraction of sp³-hybridized carbons (Fsp3) is 0.286. The molecule has 8 heteroatoms. The first-order valence-electron chi connectivity index (χ1n) is 3.81. The van der Waals surface area contributed by atoms with Gasteiger partial charge in [-0.05, 0) is 6.92 Å². The van der Waals surface area contributed by atoms with E-state index in [1.165, 1.54) is 14.0 Å². The average molecular weight is 213 g/mol. The Labute approximate surface area is 83.8 Å². The minimum Gasteiger partial charge on any atom is -0.476 e. The summed E-state index contributed by atoms with van der Waals surface area (Å²) >= 11 is 0. The Hall–Kier alpha value is -2.25. The maximum atomic E-state index is 10.5. The number of pyridine rings is 1. The Kier molecular flexibility index (Phi) is 2.79. The van der Waals surface area contributed by atoms with Crippen molar-refractivity contribution in [3.05, 3.63) is 32.0 Å². The molecule has 0 aliphatic rings. The number of nitrogens with zero attached hydrogens (tertiary/aromatic N) is 3. The largest absolute Gasteiger partial charge is 0.476 e. The van der Waals surface area contributed by atoms with Gasteiger partial charge in [-0.2, -0.15) is 0 Å². The third kappa shape index (κ3) is 1.98. The summed E-state index contributed by atoms with van der Waals surface area (Å²) < 4.78 is 4.65. The van der Waals surface area contributed by atoms with Crippen LogP contribution in [0.15, 0.2) is 6.07 Å². The topological polar surface area (TPSA) is 108 Å². The number of rotatable bonds is 3. The lowest BCUT2D eigenvalue weighted by Gasteiger charge is -2.01. The van der Waals surface area contributed by atoms with Gasteiger partial charge >= 0.3 is 5.69 Å². The number of aromatic nitrogens is 1. The molecular weight excluding hydrogens is 206 g/mol. The second kappa shape index (κ2) is 3.86. The molecule has 0 unspecified atom stereocenters. The van der Waals surface area contributed by atoms with Gasteiger partial charge in [-0.15, -0.1) is 0 Å². The fourth-order valence-electron chi connectivity index (χ4n) is 1.03. The molecule has 1 aromatic rings. The van der Waals surface area contributed by atoms with Gasteiger partial charge in [0.25, 0.3) is 11.6 Å². The lowest BCUT2D eigenvalue weighted by atomic mass is 10.3. The number of ether oxygens (including phenoxy) is 1. The van der Waals surface area contributed by atoms with Crippen LogP contribution in [-0.2, 0) is 0 Å². The average Bonchev–Trinajstić information content (AvgIpc) is 2.16. The van der Waals surface area contributed by atoms with Crippen molar-refractivity contribution in [3.8, 4) is 5.88 Å². The highest BCUT2D eigenvalue weighted by molar-refractivity contribution is 5.51. The smallest absolute Gasteiger partial charge is 0.337 e. The van der Waals surface area contributed by atoms with Gasteiger partial charge < -0.3 is 4.74 Å². The minimum atomic E-state index is -0.779. The third-order valence-electron chi connectivity index (χ3n) is 1.72. The SMILES string of the molecule is COc1nc(C)c([N+](=O)[O-])cc1[N+](=O)[O-]. The predicted octanol–water partition coefficient (Wildman–Crippen LogP) is 1.22. The predicted molar refractivity (Wildman–Crippen MR) is 48.8 cm³/mol. The molecule has 0 saturated heterocycles. The third-order valence-corrected chi connectivity index (χ3v) is 1.72. The Morgan fingerprint density at radius 3 is 2.20 bits per heavy atom. The lowest BCUT2D eigenvalue weighted by Crippen LogP contribution is -2.01. The van der Waals surface area contributed by atoms with Gasteiger partial charge in [-0.25, -0.2) is 4.98 Å². The number of aryl methyl sites for hydroxylation is 1. The van der Waals surface area contributed by atoms with Crippen molar-refractivity contribution in [2.45, 2.75) is 6.92 Å². The van der Waals surface area contributed by atoms with Gasteiger partial charge in [0.2, 0.25) is 0 Å². The molecule has 1 aromatic heterocycles. The first-order valence-corrected chi connectivity index (χ1v) is 3.81. The monoisotopic (exact) mass is 213 g/mol. The van der Waals surface area contributed by atoms with Crippen molar-refractivity contribution in [1.29, 1.82) is 0 Å². The highest BCUT2D eigenvalue weighted by atomic mass is 16.6. The van der Waals surface area contributed by atoms with Crippen LogP contribution in [0.5, 0.6) is 5.88 Å². The van der Waals surface area contributed by atoms with E-state index in [1.54, 1.807) is 0 Å². The highest BCUT2D eigenvalue weighted by Crippen LogP contribution is 2.30. The molecule has 0 bridgehead atoms. The Morgan fingerprint density at radius 1 is 1.27 bits per heavy atom. The van der Waals surface area contributed by atoms with Crippen LogP contribution in [0.4, 0.5) is 11.4 Å². The van der Waals surface area contributed by atoms with Crippen LogP contribution >= 0.6 is 0 Å². The van der Waals surface area contributed by atoms with Crippen LogP contribution in [0.2, 0.25) is 0 Å². The fourth-order valence-corrected chi connectivity index (χ4v) is 1.03. The summed E-state index contributed by atoms with van der Waals surface area (Å²) in [5.74, 6) is -0.233. The van der Waals surface area contributed by atoms with Crippen molar-refractivity contribution in [1.82, 2.24) is 4.98 Å². The molecule has 0 aliphatic carbocycles. The Morgan fingerprint density at radius 2 is 1.80 bits per heavy atom. The minimum absolute atomic E-state index is 0.0717. The maximum Gasteiger partial charge on any atom is 0.337 e. The molecule has 0 N–H and O–H groups in total. The van der Waals surface area contributed by atoms with E-state index in [4.69, 9.17) is 0 Å². The Balaban J connectivity index is 3.43. The number of methoxy groups -OCH3 is 1. The van der Waals surface area contributed by atoms with Crippen molar-refractivity contribution in [2.75, 3.05) is 7.11 Å². The molecule has 1 heterocycles. The molecule has 0 aliphatic heterocycles. The van der Waals surface area contributed by atoms with Crippen LogP contribution in [-0.4, -0.2) is 21.9 Å². The van der Waals surface area contributed by atoms with E-state index in [9.17, 15) is 20.2 Å². The van der Waals surface area contributed by atoms with Gasteiger partial charge in [-0.3, -0.25) is 20.2 Å². The summed E-state index contributed by atoms with van der Waals surface area (Å²) in [6, 6.07) is 0.834. The second-order valence-electron chi connectivity index (χ2n) is 2.64. The van der Waals surface area contributed by atoms with Crippen LogP contribution in [0.3, 0.4) is 0 Å². The van der Waals surface area contributed by atoms with E-state index >= 15 is 0 Å². The van der Waals surface area contributed by atoms with Crippen LogP contribution in [0.25, 0.3) is 0 Å². The van der Waals surface area contributed by atoms with E-state index in [2.05, 4.69) is 9.72 Å². The van der Waals surface area contributed by atoms with Gasteiger partial charge in [0.1, 0.15) is 11.8 Å². The zero-order valence-electron chi connectivity index (χ0n) is 7.96. The molecule has 0 atom stereocenters. The molecule has 0 radical (unpaired) electrons. The van der Waals surface area contributed by atoms with Crippen molar-refractivity contribution in [3.63, 3.8) is 0 Å².